The second-order valence-electron chi connectivity index (χ2n) is 7.37. The largest absolute Gasteiger partial charge is 0.382 e. The first kappa shape index (κ1) is 15.2. The first-order chi connectivity index (χ1) is 12.2. The smallest absolute Gasteiger partial charge is 0.0651 e. The minimum Gasteiger partial charge on any atom is -0.382 e. The predicted octanol–water partition coefficient (Wildman–Crippen LogP) is 4.29. The molecule has 3 atom stereocenters. The molecule has 3 aromatic rings. The van der Waals surface area contributed by atoms with Gasteiger partial charge >= 0.3 is 0 Å². The summed E-state index contributed by atoms with van der Waals surface area (Å²) in [7, 11) is 0. The molecule has 5 rings (SSSR count). The van der Waals surface area contributed by atoms with Gasteiger partial charge in [0, 0.05) is 41.3 Å². The molecule has 0 radical (unpaired) electrons. The van der Waals surface area contributed by atoms with Crippen LogP contribution < -0.4 is 5.32 Å². The van der Waals surface area contributed by atoms with Gasteiger partial charge in [-0.2, -0.15) is 5.10 Å². The zero-order valence-electron chi connectivity index (χ0n) is 14.0. The second-order valence-corrected chi connectivity index (χ2v) is 7.80. The molecular formula is C20H21ClN4. The van der Waals surface area contributed by atoms with Gasteiger partial charge in [-0.05, 0) is 54.7 Å². The van der Waals surface area contributed by atoms with Gasteiger partial charge in [-0.25, -0.2) is 0 Å². The SMILES string of the molecule is Clc1cccc(CN2CC3CC2CC3Nc2ccc3[nH]ncc3c2)c1. The Balaban J connectivity index is 1.24. The number of hydrogen-bond acceptors (Lipinski definition) is 3. The number of aromatic nitrogens is 2. The maximum atomic E-state index is 6.12. The molecule has 2 aromatic carbocycles. The molecule has 0 amide bonds. The number of benzene rings is 2. The van der Waals surface area contributed by atoms with Crippen LogP contribution in [0.1, 0.15) is 18.4 Å². The van der Waals surface area contributed by atoms with Crippen LogP contribution >= 0.6 is 11.6 Å². The molecule has 1 aliphatic heterocycles. The third kappa shape index (κ3) is 2.90. The summed E-state index contributed by atoms with van der Waals surface area (Å²) < 4.78 is 0. The van der Waals surface area contributed by atoms with Crippen LogP contribution in [-0.4, -0.2) is 33.7 Å². The molecular weight excluding hydrogens is 332 g/mol. The van der Waals surface area contributed by atoms with Crippen LogP contribution in [0.25, 0.3) is 10.9 Å². The van der Waals surface area contributed by atoms with Crippen molar-refractivity contribution >= 4 is 28.2 Å². The maximum absolute atomic E-state index is 6.12. The molecule has 1 aromatic heterocycles. The summed E-state index contributed by atoms with van der Waals surface area (Å²) in [6.45, 7) is 2.18. The second kappa shape index (κ2) is 6.04. The highest BCUT2D eigenvalue weighted by atomic mass is 35.5. The third-order valence-electron chi connectivity index (χ3n) is 5.72. The minimum atomic E-state index is 0.574. The highest BCUT2D eigenvalue weighted by molar-refractivity contribution is 6.30. The number of H-pyrrole nitrogens is 1. The van der Waals surface area contributed by atoms with Gasteiger partial charge in [-0.1, -0.05) is 23.7 Å². The molecule has 5 heteroatoms. The van der Waals surface area contributed by atoms with Crippen molar-refractivity contribution in [2.75, 3.05) is 11.9 Å². The zero-order valence-corrected chi connectivity index (χ0v) is 14.7. The van der Waals surface area contributed by atoms with Crippen molar-refractivity contribution in [1.29, 1.82) is 0 Å². The highest BCUT2D eigenvalue weighted by Crippen LogP contribution is 2.40. The van der Waals surface area contributed by atoms with Gasteiger partial charge in [0.1, 0.15) is 0 Å². The lowest BCUT2D eigenvalue weighted by atomic mass is 10.0. The van der Waals surface area contributed by atoms with E-state index in [9.17, 15) is 0 Å². The van der Waals surface area contributed by atoms with Gasteiger partial charge in [-0.3, -0.25) is 10.00 Å². The fourth-order valence-corrected chi connectivity index (χ4v) is 4.75. The summed E-state index contributed by atoms with van der Waals surface area (Å²) in [4.78, 5) is 2.62. The summed E-state index contributed by atoms with van der Waals surface area (Å²) >= 11 is 6.12. The van der Waals surface area contributed by atoms with E-state index in [0.29, 0.717) is 12.1 Å². The third-order valence-corrected chi connectivity index (χ3v) is 5.96. The van der Waals surface area contributed by atoms with Crippen LogP contribution in [0.15, 0.2) is 48.7 Å². The number of likely N-dealkylation sites (tertiary alicyclic amines) is 1. The van der Waals surface area contributed by atoms with Crippen molar-refractivity contribution in [2.45, 2.75) is 31.5 Å². The van der Waals surface area contributed by atoms with Crippen LogP contribution in [-0.2, 0) is 6.54 Å². The number of fused-ring (bicyclic) bond motifs is 3. The quantitative estimate of drug-likeness (QED) is 0.736. The molecule has 2 heterocycles. The lowest BCUT2D eigenvalue weighted by Gasteiger charge is -2.32. The lowest BCUT2D eigenvalue weighted by Crippen LogP contribution is -2.40. The number of piperidine rings is 1. The molecule has 3 unspecified atom stereocenters. The standard InChI is InChI=1S/C20H21ClN4/c21-16-3-1-2-13(6-16)11-25-12-15-8-18(25)9-20(15)23-17-4-5-19-14(7-17)10-22-24-19/h1-7,10,15,18,20,23H,8-9,11-12H2,(H,22,24). The monoisotopic (exact) mass is 352 g/mol. The summed E-state index contributed by atoms with van der Waals surface area (Å²) in [6, 6.07) is 15.9. The predicted molar refractivity (Wildman–Crippen MR) is 102 cm³/mol. The molecule has 1 saturated carbocycles. The van der Waals surface area contributed by atoms with E-state index in [4.69, 9.17) is 11.6 Å². The Hall–Kier alpha value is -2.04. The number of anilines is 1. The molecule has 1 aliphatic carbocycles. The van der Waals surface area contributed by atoms with Gasteiger partial charge in [-0.15, -0.1) is 0 Å². The summed E-state index contributed by atoms with van der Waals surface area (Å²) in [6.07, 6.45) is 4.40. The van der Waals surface area contributed by atoms with E-state index in [-0.39, 0.29) is 0 Å². The van der Waals surface area contributed by atoms with Gasteiger partial charge in [0.05, 0.1) is 11.7 Å². The summed E-state index contributed by atoms with van der Waals surface area (Å²) in [5, 5.41) is 12.9. The van der Waals surface area contributed by atoms with E-state index >= 15 is 0 Å². The Labute approximate surface area is 152 Å². The number of halogens is 1. The van der Waals surface area contributed by atoms with Crippen molar-refractivity contribution in [1.82, 2.24) is 15.1 Å². The Morgan fingerprint density at radius 1 is 1.20 bits per heavy atom. The van der Waals surface area contributed by atoms with Crippen LogP contribution in [0.5, 0.6) is 0 Å². The summed E-state index contributed by atoms with van der Waals surface area (Å²) in [5.74, 6) is 0.726. The average molecular weight is 353 g/mol. The number of nitrogens with one attached hydrogen (secondary N) is 2. The molecule has 2 N–H and O–H groups in total. The molecule has 0 spiro atoms. The van der Waals surface area contributed by atoms with Crippen LogP contribution in [0.3, 0.4) is 0 Å². The Morgan fingerprint density at radius 2 is 2.16 bits per heavy atom. The molecule has 4 nitrogen and oxygen atoms in total. The van der Waals surface area contributed by atoms with E-state index in [1.54, 1.807) is 0 Å². The molecule has 2 bridgehead atoms. The van der Waals surface area contributed by atoms with Crippen LogP contribution in [0.2, 0.25) is 5.02 Å². The van der Waals surface area contributed by atoms with Crippen LogP contribution in [0.4, 0.5) is 5.69 Å². The van der Waals surface area contributed by atoms with Crippen molar-refractivity contribution < 1.29 is 0 Å². The molecule has 1 saturated heterocycles. The molecule has 25 heavy (non-hydrogen) atoms. The Bertz CT molecular complexity index is 905. The van der Waals surface area contributed by atoms with E-state index in [1.807, 2.05) is 18.3 Å². The Kier molecular flexibility index (Phi) is 3.68. The van der Waals surface area contributed by atoms with Crippen molar-refractivity contribution in [3.05, 3.63) is 59.2 Å². The highest BCUT2D eigenvalue weighted by Gasteiger charge is 2.44. The lowest BCUT2D eigenvalue weighted by molar-refractivity contribution is 0.197. The first-order valence-corrected chi connectivity index (χ1v) is 9.30. The Morgan fingerprint density at radius 3 is 3.00 bits per heavy atom. The van der Waals surface area contributed by atoms with Gasteiger partial charge in [0.15, 0.2) is 0 Å². The van der Waals surface area contributed by atoms with E-state index < -0.39 is 0 Å². The van der Waals surface area contributed by atoms with E-state index in [0.717, 1.165) is 28.4 Å². The fraction of sp³-hybridized carbons (Fsp3) is 0.350. The molecule has 2 fully saturated rings. The number of hydrogen-bond donors (Lipinski definition) is 2. The zero-order chi connectivity index (χ0) is 16.8. The summed E-state index contributed by atoms with van der Waals surface area (Å²) in [5.41, 5.74) is 3.61. The molecule has 128 valence electrons. The average Bonchev–Trinajstić information content (AvgIpc) is 3.30. The first-order valence-electron chi connectivity index (χ1n) is 8.93. The molecule has 2 aliphatic rings. The van der Waals surface area contributed by atoms with Gasteiger partial charge in [0.2, 0.25) is 0 Å². The van der Waals surface area contributed by atoms with Gasteiger partial charge < -0.3 is 5.32 Å². The topological polar surface area (TPSA) is 44.0 Å². The maximum Gasteiger partial charge on any atom is 0.0651 e. The van der Waals surface area contributed by atoms with Crippen LogP contribution in [0, 0.1) is 5.92 Å². The minimum absolute atomic E-state index is 0.574. The fourth-order valence-electron chi connectivity index (χ4n) is 4.53. The van der Waals surface area contributed by atoms with E-state index in [2.05, 4.69) is 50.7 Å². The van der Waals surface area contributed by atoms with Crippen molar-refractivity contribution in [2.24, 2.45) is 5.92 Å². The normalized spacial score (nSPS) is 25.7. The van der Waals surface area contributed by atoms with E-state index in [1.165, 1.54) is 30.6 Å². The number of aromatic amines is 1. The number of nitrogens with zero attached hydrogens (tertiary/aromatic N) is 2. The van der Waals surface area contributed by atoms with Gasteiger partial charge in [0.25, 0.3) is 0 Å². The number of rotatable bonds is 4. The van der Waals surface area contributed by atoms with Crippen molar-refractivity contribution in [3.8, 4) is 0 Å². The van der Waals surface area contributed by atoms with Crippen molar-refractivity contribution in [3.63, 3.8) is 0 Å².